The van der Waals surface area contributed by atoms with Crippen LogP contribution in [0.2, 0.25) is 0 Å². The molecule has 2 heterocycles. The molecule has 2 aromatic rings. The predicted octanol–water partition coefficient (Wildman–Crippen LogP) is 5.79. The van der Waals surface area contributed by atoms with Crippen LogP contribution in [-0.4, -0.2) is 12.9 Å². The lowest BCUT2D eigenvalue weighted by molar-refractivity contribution is 0.412. The standard InChI is InChI=1S/C15H14Br2OS2/c1-18-12-3-2-9(6-11(12)16)15(17)14-7-10-8-19-5-4-13(10)20-14/h2-3,6-7,15H,4-5,8H2,1H3. The van der Waals surface area contributed by atoms with Gasteiger partial charge in [0, 0.05) is 15.5 Å². The van der Waals surface area contributed by atoms with Crippen LogP contribution < -0.4 is 4.74 Å². The quantitative estimate of drug-likeness (QED) is 0.566. The Labute approximate surface area is 144 Å². The predicted molar refractivity (Wildman–Crippen MR) is 95.6 cm³/mol. The first-order valence-electron chi connectivity index (χ1n) is 6.36. The number of rotatable bonds is 3. The number of thiophene rings is 1. The lowest BCUT2D eigenvalue weighted by atomic mass is 10.1. The molecule has 5 heteroatoms. The second-order valence-electron chi connectivity index (χ2n) is 4.66. The van der Waals surface area contributed by atoms with E-state index in [1.165, 1.54) is 28.2 Å². The summed E-state index contributed by atoms with van der Waals surface area (Å²) in [4.78, 5) is 3.22. The molecule has 1 atom stereocenters. The molecule has 1 unspecified atom stereocenters. The van der Waals surface area contributed by atoms with Crippen LogP contribution in [0, 0.1) is 0 Å². The lowest BCUT2D eigenvalue weighted by Gasteiger charge is -2.10. The Bertz CT molecular complexity index is 601. The van der Waals surface area contributed by atoms with Gasteiger partial charge in [-0.25, -0.2) is 0 Å². The second-order valence-corrected chi connectivity index (χ2v) is 8.70. The minimum atomic E-state index is 0.255. The minimum Gasteiger partial charge on any atom is -0.496 e. The molecular formula is C15H14Br2OS2. The zero-order valence-electron chi connectivity index (χ0n) is 11.0. The molecule has 0 spiro atoms. The number of halogens is 2. The number of fused-ring (bicyclic) bond motifs is 1. The van der Waals surface area contributed by atoms with Crippen molar-refractivity contribution in [2.45, 2.75) is 17.0 Å². The topological polar surface area (TPSA) is 9.23 Å². The van der Waals surface area contributed by atoms with Gasteiger partial charge in [0.1, 0.15) is 5.75 Å². The summed E-state index contributed by atoms with van der Waals surface area (Å²) in [5, 5.41) is 0. The monoisotopic (exact) mass is 432 g/mol. The van der Waals surface area contributed by atoms with E-state index < -0.39 is 0 Å². The average molecular weight is 434 g/mol. The molecule has 0 aliphatic carbocycles. The first kappa shape index (κ1) is 14.9. The van der Waals surface area contributed by atoms with E-state index >= 15 is 0 Å². The number of alkyl halides is 1. The van der Waals surface area contributed by atoms with Crippen molar-refractivity contribution in [2.24, 2.45) is 0 Å². The first-order valence-corrected chi connectivity index (χ1v) is 10.0. The van der Waals surface area contributed by atoms with Crippen LogP contribution in [0.4, 0.5) is 0 Å². The zero-order chi connectivity index (χ0) is 14.1. The Balaban J connectivity index is 1.90. The van der Waals surface area contributed by atoms with Crippen molar-refractivity contribution in [1.29, 1.82) is 0 Å². The summed E-state index contributed by atoms with van der Waals surface area (Å²) in [6, 6.07) is 8.63. The molecule has 0 N–H and O–H groups in total. The molecule has 0 amide bonds. The van der Waals surface area contributed by atoms with Crippen molar-refractivity contribution in [3.63, 3.8) is 0 Å². The first-order chi connectivity index (χ1) is 9.69. The van der Waals surface area contributed by atoms with Gasteiger partial charge in [0.2, 0.25) is 0 Å². The molecule has 0 saturated heterocycles. The van der Waals surface area contributed by atoms with E-state index in [4.69, 9.17) is 4.74 Å². The number of benzene rings is 1. The van der Waals surface area contributed by atoms with E-state index in [0.29, 0.717) is 0 Å². The van der Waals surface area contributed by atoms with Crippen molar-refractivity contribution in [3.8, 4) is 5.75 Å². The van der Waals surface area contributed by atoms with Gasteiger partial charge in [0.25, 0.3) is 0 Å². The SMILES string of the molecule is COc1ccc(C(Br)c2cc3c(s2)CCSC3)cc1Br. The highest BCUT2D eigenvalue weighted by atomic mass is 79.9. The van der Waals surface area contributed by atoms with Crippen LogP contribution in [0.5, 0.6) is 5.75 Å². The maximum atomic E-state index is 5.29. The smallest absolute Gasteiger partial charge is 0.133 e. The second kappa shape index (κ2) is 6.42. The fraction of sp³-hybridized carbons (Fsp3) is 0.333. The van der Waals surface area contributed by atoms with Crippen molar-refractivity contribution in [2.75, 3.05) is 12.9 Å². The highest BCUT2D eigenvalue weighted by Gasteiger charge is 2.19. The number of thioether (sulfide) groups is 1. The Morgan fingerprint density at radius 1 is 1.30 bits per heavy atom. The molecule has 1 aromatic carbocycles. The third-order valence-corrected chi connectivity index (χ3v) is 7.62. The maximum absolute atomic E-state index is 5.29. The van der Waals surface area contributed by atoms with Gasteiger partial charge < -0.3 is 4.74 Å². The zero-order valence-corrected chi connectivity index (χ0v) is 15.8. The largest absolute Gasteiger partial charge is 0.496 e. The molecule has 0 radical (unpaired) electrons. The van der Waals surface area contributed by atoms with Crippen LogP contribution >= 0.6 is 55.0 Å². The number of ether oxygens (including phenoxy) is 1. The summed E-state index contributed by atoms with van der Waals surface area (Å²) in [5.74, 6) is 3.29. The van der Waals surface area contributed by atoms with Crippen LogP contribution in [0.3, 0.4) is 0 Å². The molecule has 1 aliphatic heterocycles. The average Bonchev–Trinajstić information content (AvgIpc) is 2.90. The maximum Gasteiger partial charge on any atom is 0.133 e. The Morgan fingerprint density at radius 3 is 2.85 bits per heavy atom. The van der Waals surface area contributed by atoms with E-state index in [0.717, 1.165) is 16.0 Å². The van der Waals surface area contributed by atoms with Gasteiger partial charge in [-0.05, 0) is 57.4 Å². The molecule has 1 aromatic heterocycles. The number of hydrogen-bond acceptors (Lipinski definition) is 3. The summed E-state index contributed by atoms with van der Waals surface area (Å²) >= 11 is 11.4. The van der Waals surface area contributed by atoms with Gasteiger partial charge in [0.05, 0.1) is 16.4 Å². The van der Waals surface area contributed by atoms with Crippen molar-refractivity contribution in [1.82, 2.24) is 0 Å². The fourth-order valence-electron chi connectivity index (χ4n) is 2.30. The Morgan fingerprint density at radius 2 is 2.15 bits per heavy atom. The number of methoxy groups -OCH3 is 1. The highest BCUT2D eigenvalue weighted by Crippen LogP contribution is 2.41. The fourth-order valence-corrected chi connectivity index (χ4v) is 5.94. The summed E-state index contributed by atoms with van der Waals surface area (Å²) < 4.78 is 6.29. The van der Waals surface area contributed by atoms with Crippen molar-refractivity contribution < 1.29 is 4.74 Å². The van der Waals surface area contributed by atoms with Gasteiger partial charge in [-0.3, -0.25) is 0 Å². The van der Waals surface area contributed by atoms with Crippen LogP contribution in [0.15, 0.2) is 28.7 Å². The van der Waals surface area contributed by atoms with Crippen molar-refractivity contribution >= 4 is 55.0 Å². The number of aryl methyl sites for hydroxylation is 1. The van der Waals surface area contributed by atoms with Gasteiger partial charge in [-0.15, -0.1) is 11.3 Å². The molecule has 106 valence electrons. The summed E-state index contributed by atoms with van der Waals surface area (Å²) in [6.07, 6.45) is 1.22. The third kappa shape index (κ3) is 2.96. The molecule has 3 rings (SSSR count). The number of hydrogen-bond donors (Lipinski definition) is 0. The van der Waals surface area contributed by atoms with Gasteiger partial charge in [-0.1, -0.05) is 22.0 Å². The molecular weight excluding hydrogens is 420 g/mol. The highest BCUT2D eigenvalue weighted by molar-refractivity contribution is 9.10. The lowest BCUT2D eigenvalue weighted by Crippen LogP contribution is -1.96. The molecule has 1 nitrogen and oxygen atoms in total. The Hall–Kier alpha value is 0.0300. The van der Waals surface area contributed by atoms with Crippen LogP contribution in [0.1, 0.15) is 25.7 Å². The Kier molecular flexibility index (Phi) is 4.80. The van der Waals surface area contributed by atoms with Crippen molar-refractivity contribution in [3.05, 3.63) is 49.6 Å². The summed E-state index contributed by atoms with van der Waals surface area (Å²) in [5.41, 5.74) is 2.78. The normalized spacial score (nSPS) is 15.8. The van der Waals surface area contributed by atoms with E-state index in [1.54, 1.807) is 12.0 Å². The van der Waals surface area contributed by atoms with E-state index in [9.17, 15) is 0 Å². The van der Waals surface area contributed by atoms with E-state index in [-0.39, 0.29) is 4.83 Å². The molecule has 20 heavy (non-hydrogen) atoms. The summed E-state index contributed by atoms with van der Waals surface area (Å²) in [7, 11) is 1.69. The molecule has 0 saturated carbocycles. The minimum absolute atomic E-state index is 0.255. The molecule has 0 fully saturated rings. The van der Waals surface area contributed by atoms with Gasteiger partial charge in [0.15, 0.2) is 0 Å². The summed E-state index contributed by atoms with van der Waals surface area (Å²) in [6.45, 7) is 0. The third-order valence-electron chi connectivity index (χ3n) is 3.37. The van der Waals surface area contributed by atoms with Gasteiger partial charge >= 0.3 is 0 Å². The van der Waals surface area contributed by atoms with Crippen LogP contribution in [0.25, 0.3) is 0 Å². The van der Waals surface area contributed by atoms with E-state index in [2.05, 4.69) is 50.1 Å². The molecule has 0 bridgehead atoms. The molecule has 1 aliphatic rings. The van der Waals surface area contributed by atoms with Crippen LogP contribution in [-0.2, 0) is 12.2 Å². The van der Waals surface area contributed by atoms with E-state index in [1.807, 2.05) is 29.2 Å². The van der Waals surface area contributed by atoms with Gasteiger partial charge in [-0.2, -0.15) is 11.8 Å².